The Morgan fingerprint density at radius 3 is 2.62 bits per heavy atom. The molecule has 5 heteroatoms. The summed E-state index contributed by atoms with van der Waals surface area (Å²) in [6.45, 7) is 6.82. The van der Waals surface area contributed by atoms with Crippen molar-refractivity contribution < 1.29 is 9.53 Å². The molecule has 0 saturated carbocycles. The zero-order chi connectivity index (χ0) is 17.7. The second kappa shape index (κ2) is 8.06. The van der Waals surface area contributed by atoms with Gasteiger partial charge in [0.05, 0.1) is 5.69 Å². The van der Waals surface area contributed by atoms with Crippen LogP contribution in [0.5, 0.6) is 5.75 Å². The van der Waals surface area contributed by atoms with E-state index in [0.717, 1.165) is 22.6 Å². The van der Waals surface area contributed by atoms with Crippen molar-refractivity contribution in [1.29, 1.82) is 0 Å². The van der Waals surface area contributed by atoms with Crippen LogP contribution in [-0.4, -0.2) is 19.6 Å². The number of hydrogen-bond acceptors (Lipinski definition) is 2. The average molecular weight is 347 g/mol. The lowest BCUT2D eigenvalue weighted by atomic mass is 10.1. The number of nitrogens with one attached hydrogen (secondary N) is 1. The average Bonchev–Trinajstić information content (AvgIpc) is 2.56. The Kier molecular flexibility index (Phi) is 6.10. The summed E-state index contributed by atoms with van der Waals surface area (Å²) >= 11 is 6.37. The van der Waals surface area contributed by atoms with Crippen molar-refractivity contribution in [3.8, 4) is 5.75 Å². The summed E-state index contributed by atoms with van der Waals surface area (Å²) < 4.78 is 5.96. The van der Waals surface area contributed by atoms with E-state index in [0.29, 0.717) is 18.2 Å². The number of rotatable bonds is 5. The van der Waals surface area contributed by atoms with Crippen LogP contribution in [-0.2, 0) is 6.61 Å². The quantitative estimate of drug-likeness (QED) is 0.852. The molecule has 2 aromatic rings. The van der Waals surface area contributed by atoms with Gasteiger partial charge in [-0.25, -0.2) is 4.79 Å². The standard InChI is InChI=1S/C19H23ClN2O2/c1-5-22(19(23)21-4)17-8-6-7-16(20)15(17)12-24-18-10-9-13(2)11-14(18)3/h6-11H,5,12H2,1-4H3,(H,21,23). The fourth-order valence-corrected chi connectivity index (χ4v) is 2.84. The zero-order valence-electron chi connectivity index (χ0n) is 14.5. The minimum absolute atomic E-state index is 0.174. The Balaban J connectivity index is 2.31. The second-order valence-electron chi connectivity index (χ2n) is 5.59. The molecular weight excluding hydrogens is 324 g/mol. The van der Waals surface area contributed by atoms with Gasteiger partial charge in [0.15, 0.2) is 0 Å². The molecule has 24 heavy (non-hydrogen) atoms. The predicted octanol–water partition coefficient (Wildman–Crippen LogP) is 4.70. The van der Waals surface area contributed by atoms with E-state index in [1.54, 1.807) is 11.9 Å². The highest BCUT2D eigenvalue weighted by atomic mass is 35.5. The summed E-state index contributed by atoms with van der Waals surface area (Å²) in [6, 6.07) is 11.4. The number of aryl methyl sites for hydroxylation is 2. The number of carbonyl (C=O) groups excluding carboxylic acids is 1. The first kappa shape index (κ1) is 18.1. The lowest BCUT2D eigenvalue weighted by Gasteiger charge is -2.24. The monoisotopic (exact) mass is 346 g/mol. The van der Waals surface area contributed by atoms with E-state index < -0.39 is 0 Å². The van der Waals surface area contributed by atoms with E-state index in [1.807, 2.05) is 51.1 Å². The number of urea groups is 1. The number of nitrogens with zero attached hydrogens (tertiary/aromatic N) is 1. The first-order chi connectivity index (χ1) is 11.5. The van der Waals surface area contributed by atoms with Gasteiger partial charge in [-0.1, -0.05) is 35.4 Å². The largest absolute Gasteiger partial charge is 0.488 e. The molecular formula is C19H23ClN2O2. The second-order valence-corrected chi connectivity index (χ2v) is 6.00. The summed E-state index contributed by atoms with van der Waals surface area (Å²) in [5.74, 6) is 0.814. The van der Waals surface area contributed by atoms with E-state index in [1.165, 1.54) is 5.56 Å². The number of hydrogen-bond donors (Lipinski definition) is 1. The molecule has 0 aliphatic rings. The molecule has 128 valence electrons. The maximum absolute atomic E-state index is 12.1. The molecule has 2 amide bonds. The van der Waals surface area contributed by atoms with Crippen LogP contribution in [0.2, 0.25) is 5.02 Å². The number of amides is 2. The van der Waals surface area contributed by atoms with Gasteiger partial charge in [-0.2, -0.15) is 0 Å². The SMILES string of the molecule is CCN(C(=O)NC)c1cccc(Cl)c1COc1ccc(C)cc1C. The Bertz CT molecular complexity index is 731. The van der Waals surface area contributed by atoms with Crippen molar-refractivity contribution in [2.24, 2.45) is 0 Å². The molecule has 0 atom stereocenters. The molecule has 0 saturated heterocycles. The number of halogens is 1. The van der Waals surface area contributed by atoms with E-state index in [9.17, 15) is 4.79 Å². The Morgan fingerprint density at radius 2 is 2.00 bits per heavy atom. The summed E-state index contributed by atoms with van der Waals surface area (Å²) in [5, 5.41) is 3.24. The molecule has 0 bridgehead atoms. The van der Waals surface area contributed by atoms with Crippen LogP contribution >= 0.6 is 11.6 Å². The van der Waals surface area contributed by atoms with Crippen molar-refractivity contribution in [2.75, 3.05) is 18.5 Å². The Hall–Kier alpha value is -2.20. The van der Waals surface area contributed by atoms with Crippen LogP contribution < -0.4 is 15.0 Å². The third-order valence-electron chi connectivity index (χ3n) is 3.86. The van der Waals surface area contributed by atoms with Crippen LogP contribution in [0.3, 0.4) is 0 Å². The van der Waals surface area contributed by atoms with Crippen molar-refractivity contribution in [1.82, 2.24) is 5.32 Å². The number of anilines is 1. The van der Waals surface area contributed by atoms with Crippen LogP contribution in [0.1, 0.15) is 23.6 Å². The van der Waals surface area contributed by atoms with Gasteiger partial charge in [0, 0.05) is 24.2 Å². The van der Waals surface area contributed by atoms with Gasteiger partial charge in [-0.15, -0.1) is 0 Å². The lowest BCUT2D eigenvalue weighted by Crippen LogP contribution is -2.38. The predicted molar refractivity (Wildman–Crippen MR) is 99.2 cm³/mol. The van der Waals surface area contributed by atoms with Crippen LogP contribution in [0, 0.1) is 13.8 Å². The molecule has 0 aliphatic carbocycles. The van der Waals surface area contributed by atoms with Gasteiger partial charge in [0.25, 0.3) is 0 Å². The minimum Gasteiger partial charge on any atom is -0.488 e. The van der Waals surface area contributed by atoms with Gasteiger partial charge in [-0.3, -0.25) is 4.90 Å². The Labute approximate surface area is 148 Å². The van der Waals surface area contributed by atoms with Gasteiger partial charge >= 0.3 is 6.03 Å². The molecule has 1 N–H and O–H groups in total. The van der Waals surface area contributed by atoms with Gasteiger partial charge in [-0.05, 0) is 44.5 Å². The highest BCUT2D eigenvalue weighted by Crippen LogP contribution is 2.30. The van der Waals surface area contributed by atoms with E-state index in [2.05, 4.69) is 11.4 Å². The first-order valence-electron chi connectivity index (χ1n) is 7.94. The topological polar surface area (TPSA) is 41.6 Å². The van der Waals surface area contributed by atoms with Gasteiger partial charge in [0.1, 0.15) is 12.4 Å². The minimum atomic E-state index is -0.174. The van der Waals surface area contributed by atoms with E-state index in [-0.39, 0.29) is 6.03 Å². The molecule has 2 aromatic carbocycles. The third-order valence-corrected chi connectivity index (χ3v) is 4.22. The molecule has 2 rings (SSSR count). The molecule has 0 aliphatic heterocycles. The summed E-state index contributed by atoms with van der Waals surface area (Å²) in [6.07, 6.45) is 0. The van der Waals surface area contributed by atoms with Crippen molar-refractivity contribution in [3.05, 3.63) is 58.1 Å². The van der Waals surface area contributed by atoms with Crippen LogP contribution in [0.25, 0.3) is 0 Å². The van der Waals surface area contributed by atoms with Gasteiger partial charge in [0.2, 0.25) is 0 Å². The smallest absolute Gasteiger partial charge is 0.321 e. The molecule has 0 radical (unpaired) electrons. The third kappa shape index (κ3) is 4.01. The molecule has 0 heterocycles. The summed E-state index contributed by atoms with van der Waals surface area (Å²) in [5.41, 5.74) is 3.82. The fourth-order valence-electron chi connectivity index (χ4n) is 2.61. The van der Waals surface area contributed by atoms with E-state index >= 15 is 0 Å². The molecule has 4 nitrogen and oxygen atoms in total. The molecule has 0 unspecified atom stereocenters. The first-order valence-corrected chi connectivity index (χ1v) is 8.32. The Morgan fingerprint density at radius 1 is 1.25 bits per heavy atom. The number of benzene rings is 2. The molecule has 0 spiro atoms. The van der Waals surface area contributed by atoms with Crippen molar-refractivity contribution >= 4 is 23.3 Å². The maximum Gasteiger partial charge on any atom is 0.321 e. The van der Waals surface area contributed by atoms with E-state index in [4.69, 9.17) is 16.3 Å². The number of ether oxygens (including phenoxy) is 1. The molecule has 0 aromatic heterocycles. The van der Waals surface area contributed by atoms with Crippen molar-refractivity contribution in [2.45, 2.75) is 27.4 Å². The lowest BCUT2D eigenvalue weighted by molar-refractivity contribution is 0.248. The van der Waals surface area contributed by atoms with Crippen LogP contribution in [0.15, 0.2) is 36.4 Å². The number of carbonyl (C=O) groups is 1. The maximum atomic E-state index is 12.1. The fraction of sp³-hybridized carbons (Fsp3) is 0.316. The molecule has 0 fully saturated rings. The highest BCUT2D eigenvalue weighted by molar-refractivity contribution is 6.31. The normalized spacial score (nSPS) is 10.4. The van der Waals surface area contributed by atoms with Crippen LogP contribution in [0.4, 0.5) is 10.5 Å². The highest BCUT2D eigenvalue weighted by Gasteiger charge is 2.18. The zero-order valence-corrected chi connectivity index (χ0v) is 15.3. The summed E-state index contributed by atoms with van der Waals surface area (Å²) in [7, 11) is 1.61. The van der Waals surface area contributed by atoms with Crippen molar-refractivity contribution in [3.63, 3.8) is 0 Å². The summed E-state index contributed by atoms with van der Waals surface area (Å²) in [4.78, 5) is 13.7. The van der Waals surface area contributed by atoms with Gasteiger partial charge < -0.3 is 10.1 Å².